The van der Waals surface area contributed by atoms with Crippen molar-refractivity contribution in [1.82, 2.24) is 5.43 Å². The fourth-order valence-corrected chi connectivity index (χ4v) is 3.77. The Bertz CT molecular complexity index is 666. The van der Waals surface area contributed by atoms with Crippen molar-refractivity contribution in [2.75, 3.05) is 12.4 Å². The van der Waals surface area contributed by atoms with Crippen LogP contribution >= 0.6 is 12.2 Å². The van der Waals surface area contributed by atoms with Crippen LogP contribution in [0.2, 0.25) is 0 Å². The fraction of sp³-hybridized carbons (Fsp3) is 0.444. The molecule has 0 radical (unpaired) electrons. The number of anilines is 1. The predicted octanol–water partition coefficient (Wildman–Crippen LogP) is 3.96. The standard InChI is InChI=1S/C18H23N3OS/c1-18(2)13-9-8-12(14(18)10-13)11-19-21-17(23)20-15-6-4-5-7-16(15)22-3/h4-8,11,13-14H,9-10H2,1-3H3,(H2,20,21,23)/b19-11+. The summed E-state index contributed by atoms with van der Waals surface area (Å²) in [4.78, 5) is 0. The van der Waals surface area contributed by atoms with E-state index in [0.29, 0.717) is 16.4 Å². The lowest BCUT2D eigenvalue weighted by molar-refractivity contribution is -0.00126. The van der Waals surface area contributed by atoms with Gasteiger partial charge in [0.05, 0.1) is 19.0 Å². The van der Waals surface area contributed by atoms with E-state index in [1.165, 1.54) is 12.0 Å². The van der Waals surface area contributed by atoms with Crippen molar-refractivity contribution in [3.63, 3.8) is 0 Å². The van der Waals surface area contributed by atoms with Crippen molar-refractivity contribution in [3.8, 4) is 5.75 Å². The SMILES string of the molecule is COc1ccccc1NC(=S)N/N=C/C1=CCC2CC1C2(C)C. The van der Waals surface area contributed by atoms with Crippen LogP contribution in [0.5, 0.6) is 5.75 Å². The third kappa shape index (κ3) is 3.11. The number of methoxy groups -OCH3 is 1. The van der Waals surface area contributed by atoms with Gasteiger partial charge in [-0.1, -0.05) is 32.1 Å². The Morgan fingerprint density at radius 3 is 2.87 bits per heavy atom. The highest BCUT2D eigenvalue weighted by Gasteiger charge is 2.50. The van der Waals surface area contributed by atoms with Crippen molar-refractivity contribution in [2.45, 2.75) is 26.7 Å². The molecule has 3 aliphatic carbocycles. The number of allylic oxidation sites excluding steroid dienone is 2. The summed E-state index contributed by atoms with van der Waals surface area (Å²) in [7, 11) is 1.64. The number of hydrazone groups is 1. The number of hydrogen-bond donors (Lipinski definition) is 2. The van der Waals surface area contributed by atoms with E-state index in [-0.39, 0.29) is 0 Å². The number of ether oxygens (including phenoxy) is 1. The van der Waals surface area contributed by atoms with Gasteiger partial charge in [0.25, 0.3) is 0 Å². The average Bonchev–Trinajstić information content (AvgIpc) is 2.55. The van der Waals surface area contributed by atoms with Gasteiger partial charge in [-0.25, -0.2) is 0 Å². The third-order valence-corrected chi connectivity index (χ3v) is 5.44. The first kappa shape index (κ1) is 16.0. The minimum Gasteiger partial charge on any atom is -0.495 e. The zero-order valence-corrected chi connectivity index (χ0v) is 14.6. The van der Waals surface area contributed by atoms with Crippen LogP contribution in [0.3, 0.4) is 0 Å². The number of para-hydroxylation sites is 2. The normalized spacial score (nSPS) is 24.6. The van der Waals surface area contributed by atoms with Crippen LogP contribution in [0.4, 0.5) is 5.69 Å². The molecule has 1 aromatic carbocycles. The molecule has 0 aliphatic heterocycles. The summed E-state index contributed by atoms with van der Waals surface area (Å²) in [5.74, 6) is 2.21. The van der Waals surface area contributed by atoms with Crippen LogP contribution < -0.4 is 15.5 Å². The molecular weight excluding hydrogens is 306 g/mol. The second-order valence-corrected chi connectivity index (χ2v) is 7.18. The Hall–Kier alpha value is -1.88. The number of thiocarbonyl (C=S) groups is 1. The summed E-state index contributed by atoms with van der Waals surface area (Å²) in [6.45, 7) is 4.71. The lowest BCUT2D eigenvalue weighted by Crippen LogP contribution is -2.48. The smallest absolute Gasteiger partial charge is 0.191 e. The van der Waals surface area contributed by atoms with E-state index < -0.39 is 0 Å². The molecule has 2 unspecified atom stereocenters. The van der Waals surface area contributed by atoms with Crippen molar-refractivity contribution < 1.29 is 4.74 Å². The third-order valence-electron chi connectivity index (χ3n) is 5.25. The van der Waals surface area contributed by atoms with E-state index in [1.54, 1.807) is 7.11 Å². The monoisotopic (exact) mass is 329 g/mol. The molecule has 122 valence electrons. The van der Waals surface area contributed by atoms with Gasteiger partial charge in [0.2, 0.25) is 0 Å². The molecule has 2 N–H and O–H groups in total. The van der Waals surface area contributed by atoms with Gasteiger partial charge < -0.3 is 10.1 Å². The van der Waals surface area contributed by atoms with Crippen LogP contribution in [-0.2, 0) is 0 Å². The molecule has 5 heteroatoms. The molecule has 3 aliphatic rings. The van der Waals surface area contributed by atoms with Gasteiger partial charge in [-0.2, -0.15) is 5.10 Å². The summed E-state index contributed by atoms with van der Waals surface area (Å²) < 4.78 is 5.29. The maximum atomic E-state index is 5.29. The van der Waals surface area contributed by atoms with Gasteiger partial charge in [0.1, 0.15) is 5.75 Å². The van der Waals surface area contributed by atoms with Crippen molar-refractivity contribution in [1.29, 1.82) is 0 Å². The highest BCUT2D eigenvalue weighted by atomic mass is 32.1. The second-order valence-electron chi connectivity index (χ2n) is 6.77. The molecule has 23 heavy (non-hydrogen) atoms. The van der Waals surface area contributed by atoms with Gasteiger partial charge in [-0.3, -0.25) is 5.43 Å². The summed E-state index contributed by atoms with van der Waals surface area (Å²) in [5.41, 5.74) is 5.44. The highest BCUT2D eigenvalue weighted by Crippen LogP contribution is 2.58. The molecule has 2 atom stereocenters. The molecule has 0 amide bonds. The zero-order chi connectivity index (χ0) is 16.4. The number of hydrogen-bond acceptors (Lipinski definition) is 3. The van der Waals surface area contributed by atoms with E-state index in [4.69, 9.17) is 17.0 Å². The molecule has 2 bridgehead atoms. The molecule has 1 saturated carbocycles. The Balaban J connectivity index is 1.56. The van der Waals surface area contributed by atoms with Crippen LogP contribution in [-0.4, -0.2) is 18.4 Å². The number of rotatable bonds is 4. The Labute approximate surface area is 143 Å². The maximum Gasteiger partial charge on any atom is 0.191 e. The van der Waals surface area contributed by atoms with Gasteiger partial charge in [0, 0.05) is 0 Å². The Morgan fingerprint density at radius 2 is 2.17 bits per heavy atom. The first-order chi connectivity index (χ1) is 11.0. The van der Waals surface area contributed by atoms with E-state index in [1.807, 2.05) is 30.5 Å². The molecule has 4 nitrogen and oxygen atoms in total. The number of benzene rings is 1. The molecule has 0 saturated heterocycles. The fourth-order valence-electron chi connectivity index (χ4n) is 3.61. The number of nitrogens with one attached hydrogen (secondary N) is 2. The summed E-state index contributed by atoms with van der Waals surface area (Å²) >= 11 is 5.28. The summed E-state index contributed by atoms with van der Waals surface area (Å²) in [6, 6.07) is 7.65. The second kappa shape index (κ2) is 6.32. The van der Waals surface area contributed by atoms with Gasteiger partial charge in [0.15, 0.2) is 5.11 Å². The topological polar surface area (TPSA) is 45.6 Å². The van der Waals surface area contributed by atoms with Crippen LogP contribution in [0, 0.1) is 17.3 Å². The van der Waals surface area contributed by atoms with Crippen molar-refractivity contribution >= 4 is 29.2 Å². The molecule has 0 heterocycles. The van der Waals surface area contributed by atoms with E-state index in [2.05, 4.69) is 35.8 Å². The van der Waals surface area contributed by atoms with Gasteiger partial charge in [-0.15, -0.1) is 0 Å². The Morgan fingerprint density at radius 1 is 1.39 bits per heavy atom. The molecule has 1 aromatic rings. The summed E-state index contributed by atoms with van der Waals surface area (Å²) in [5, 5.41) is 7.85. The number of fused-ring (bicyclic) bond motifs is 1. The zero-order valence-electron chi connectivity index (χ0n) is 13.8. The summed E-state index contributed by atoms with van der Waals surface area (Å²) in [6.07, 6.45) is 6.67. The quantitative estimate of drug-likeness (QED) is 0.499. The van der Waals surface area contributed by atoms with Crippen molar-refractivity contribution in [2.24, 2.45) is 22.4 Å². The lowest BCUT2D eigenvalue weighted by Gasteiger charge is -2.55. The predicted molar refractivity (Wildman–Crippen MR) is 98.9 cm³/mol. The number of nitrogens with zero attached hydrogens (tertiary/aromatic N) is 1. The molecule has 0 aromatic heterocycles. The van der Waals surface area contributed by atoms with Gasteiger partial charge >= 0.3 is 0 Å². The molecule has 0 spiro atoms. The lowest BCUT2D eigenvalue weighted by atomic mass is 9.49. The van der Waals surface area contributed by atoms with Crippen LogP contribution in [0.1, 0.15) is 26.7 Å². The minimum atomic E-state index is 0.409. The first-order valence-electron chi connectivity index (χ1n) is 7.95. The molecular formula is C18H23N3OS. The van der Waals surface area contributed by atoms with Crippen LogP contribution in [0.25, 0.3) is 0 Å². The first-order valence-corrected chi connectivity index (χ1v) is 8.36. The average molecular weight is 329 g/mol. The van der Waals surface area contributed by atoms with E-state index >= 15 is 0 Å². The minimum absolute atomic E-state index is 0.409. The van der Waals surface area contributed by atoms with E-state index in [0.717, 1.165) is 23.8 Å². The highest BCUT2D eigenvalue weighted by molar-refractivity contribution is 7.80. The van der Waals surface area contributed by atoms with Gasteiger partial charge in [-0.05, 0) is 60.0 Å². The maximum absolute atomic E-state index is 5.29. The van der Waals surface area contributed by atoms with Crippen LogP contribution in [0.15, 0.2) is 41.0 Å². The largest absolute Gasteiger partial charge is 0.495 e. The Kier molecular flexibility index (Phi) is 4.39. The van der Waals surface area contributed by atoms with Crippen molar-refractivity contribution in [3.05, 3.63) is 35.9 Å². The molecule has 4 rings (SSSR count). The van der Waals surface area contributed by atoms with E-state index in [9.17, 15) is 0 Å². The molecule has 1 fully saturated rings.